The van der Waals surface area contributed by atoms with E-state index >= 15 is 0 Å². The number of hydrogen-bond donors (Lipinski definition) is 1. The third-order valence-corrected chi connectivity index (χ3v) is 6.25. The quantitative estimate of drug-likeness (QED) is 0.215. The number of carbonyl (C=O) groups excluding carboxylic acids is 2. The highest BCUT2D eigenvalue weighted by Gasteiger charge is 2.34. The molecule has 0 atom stereocenters. The van der Waals surface area contributed by atoms with Crippen LogP contribution in [-0.2, 0) is 9.59 Å². The number of carbonyl (C=O) groups is 2. The first-order valence-electron chi connectivity index (χ1n) is 11.6. The predicted octanol–water partition coefficient (Wildman–Crippen LogP) is 5.54. The Hall–Kier alpha value is -4.56. The van der Waals surface area contributed by atoms with Crippen LogP contribution in [0.4, 0.5) is 5.69 Å². The van der Waals surface area contributed by atoms with Gasteiger partial charge in [-0.2, -0.15) is 0 Å². The summed E-state index contributed by atoms with van der Waals surface area (Å²) in [5.74, 6) is 0.119. The number of para-hydroxylation sites is 1. The molecule has 0 radical (unpaired) electrons. The van der Waals surface area contributed by atoms with Crippen molar-refractivity contribution < 1.29 is 18.7 Å². The average Bonchev–Trinajstić information content (AvgIpc) is 2.89. The van der Waals surface area contributed by atoms with Gasteiger partial charge in [-0.3, -0.25) is 24.6 Å². The molecule has 0 unspecified atom stereocenters. The SMILES string of the molecule is CC(C)c1ccc2occ(/C=C3\C(=O)NC(=S)N(c4ccc(Oc5ccccc5)cc4)C3=O)c(=O)c2c1. The highest BCUT2D eigenvalue weighted by Crippen LogP contribution is 2.27. The summed E-state index contributed by atoms with van der Waals surface area (Å²) in [4.78, 5) is 40.5. The molecular formula is C29H22N2O5S. The predicted molar refractivity (Wildman–Crippen MR) is 146 cm³/mol. The van der Waals surface area contributed by atoms with Gasteiger partial charge in [0.05, 0.1) is 16.6 Å². The van der Waals surface area contributed by atoms with Gasteiger partial charge in [0, 0.05) is 0 Å². The molecule has 1 aliphatic rings. The van der Waals surface area contributed by atoms with Crippen LogP contribution in [0.2, 0.25) is 0 Å². The van der Waals surface area contributed by atoms with Crippen LogP contribution in [0.3, 0.4) is 0 Å². The lowest BCUT2D eigenvalue weighted by Crippen LogP contribution is -2.54. The number of fused-ring (bicyclic) bond motifs is 1. The molecule has 184 valence electrons. The largest absolute Gasteiger partial charge is 0.463 e. The number of amides is 2. The molecule has 1 N–H and O–H groups in total. The number of ether oxygens (including phenoxy) is 1. The molecule has 0 spiro atoms. The first-order chi connectivity index (χ1) is 17.8. The Morgan fingerprint density at radius 1 is 0.946 bits per heavy atom. The fraction of sp³-hybridized carbons (Fsp3) is 0.103. The van der Waals surface area contributed by atoms with E-state index in [4.69, 9.17) is 21.4 Å². The molecule has 0 aliphatic carbocycles. The fourth-order valence-corrected chi connectivity index (χ4v) is 4.24. The summed E-state index contributed by atoms with van der Waals surface area (Å²) in [5.41, 5.74) is 1.37. The van der Waals surface area contributed by atoms with Gasteiger partial charge in [-0.05, 0) is 78.3 Å². The zero-order valence-electron chi connectivity index (χ0n) is 20.1. The van der Waals surface area contributed by atoms with Crippen LogP contribution in [0, 0.1) is 0 Å². The van der Waals surface area contributed by atoms with E-state index in [1.54, 1.807) is 36.4 Å². The molecule has 4 aromatic rings. The normalized spacial score (nSPS) is 14.9. The number of benzene rings is 3. The molecule has 1 aromatic heterocycles. The summed E-state index contributed by atoms with van der Waals surface area (Å²) < 4.78 is 11.4. The van der Waals surface area contributed by atoms with Crippen molar-refractivity contribution in [3.63, 3.8) is 0 Å². The Morgan fingerprint density at radius 2 is 1.65 bits per heavy atom. The van der Waals surface area contributed by atoms with Crippen LogP contribution in [0.1, 0.15) is 30.9 Å². The van der Waals surface area contributed by atoms with Crippen molar-refractivity contribution >= 4 is 51.9 Å². The molecule has 0 bridgehead atoms. The number of nitrogens with zero attached hydrogens (tertiary/aromatic N) is 1. The van der Waals surface area contributed by atoms with Crippen molar-refractivity contribution in [1.29, 1.82) is 0 Å². The maximum atomic E-state index is 13.4. The second-order valence-corrected chi connectivity index (χ2v) is 9.18. The van der Waals surface area contributed by atoms with Crippen molar-refractivity contribution in [2.75, 3.05) is 4.90 Å². The fourth-order valence-electron chi connectivity index (χ4n) is 3.96. The molecular weight excluding hydrogens is 488 g/mol. The summed E-state index contributed by atoms with van der Waals surface area (Å²) in [6, 6.07) is 21.4. The van der Waals surface area contributed by atoms with Crippen molar-refractivity contribution in [3.8, 4) is 11.5 Å². The van der Waals surface area contributed by atoms with Crippen LogP contribution in [0.25, 0.3) is 17.0 Å². The van der Waals surface area contributed by atoms with Gasteiger partial charge in [-0.15, -0.1) is 0 Å². The summed E-state index contributed by atoms with van der Waals surface area (Å²) in [6.07, 6.45) is 2.49. The molecule has 37 heavy (non-hydrogen) atoms. The van der Waals surface area contributed by atoms with Gasteiger partial charge >= 0.3 is 0 Å². The zero-order chi connectivity index (χ0) is 26.1. The lowest BCUT2D eigenvalue weighted by molar-refractivity contribution is -0.122. The Labute approximate surface area is 218 Å². The van der Waals surface area contributed by atoms with Gasteiger partial charge in [0.1, 0.15) is 28.9 Å². The number of hydrogen-bond acceptors (Lipinski definition) is 6. The van der Waals surface area contributed by atoms with Gasteiger partial charge in [0.15, 0.2) is 10.5 Å². The molecule has 0 saturated carbocycles. The van der Waals surface area contributed by atoms with Crippen molar-refractivity contribution in [2.24, 2.45) is 0 Å². The number of rotatable bonds is 5. The van der Waals surface area contributed by atoms with Crippen LogP contribution >= 0.6 is 12.2 Å². The molecule has 2 heterocycles. The smallest absolute Gasteiger partial charge is 0.270 e. The molecule has 3 aromatic carbocycles. The molecule has 7 nitrogen and oxygen atoms in total. The summed E-state index contributed by atoms with van der Waals surface area (Å²) in [6.45, 7) is 4.05. The maximum Gasteiger partial charge on any atom is 0.270 e. The van der Waals surface area contributed by atoms with E-state index < -0.39 is 11.8 Å². The second kappa shape index (κ2) is 9.83. The summed E-state index contributed by atoms with van der Waals surface area (Å²) in [5, 5.41) is 2.85. The van der Waals surface area contributed by atoms with E-state index in [0.29, 0.717) is 28.2 Å². The molecule has 1 fully saturated rings. The Bertz CT molecular complexity index is 1620. The Balaban J connectivity index is 1.47. The van der Waals surface area contributed by atoms with E-state index in [0.717, 1.165) is 5.56 Å². The lowest BCUT2D eigenvalue weighted by Gasteiger charge is -2.29. The maximum absolute atomic E-state index is 13.4. The molecule has 2 amide bonds. The van der Waals surface area contributed by atoms with Gasteiger partial charge in [0.2, 0.25) is 0 Å². The van der Waals surface area contributed by atoms with Gasteiger partial charge in [-0.1, -0.05) is 38.1 Å². The number of anilines is 1. The van der Waals surface area contributed by atoms with Crippen LogP contribution in [-0.4, -0.2) is 16.9 Å². The molecule has 1 aliphatic heterocycles. The molecule has 5 rings (SSSR count). The standard InChI is InChI=1S/C29H22N2O5S/c1-17(2)18-8-13-25-23(14-18)26(32)19(16-35-25)15-24-27(33)30-29(37)31(28(24)34)20-9-11-22(12-10-20)36-21-6-4-3-5-7-21/h3-17H,1-2H3,(H,30,33,37)/b24-15+. The van der Waals surface area contributed by atoms with E-state index in [9.17, 15) is 14.4 Å². The first-order valence-corrected chi connectivity index (χ1v) is 12.0. The van der Waals surface area contributed by atoms with Crippen molar-refractivity contribution in [1.82, 2.24) is 5.32 Å². The van der Waals surface area contributed by atoms with Crippen molar-refractivity contribution in [2.45, 2.75) is 19.8 Å². The third kappa shape index (κ3) is 4.79. The summed E-state index contributed by atoms with van der Waals surface area (Å²) >= 11 is 5.28. The third-order valence-electron chi connectivity index (χ3n) is 5.97. The molecule has 1 saturated heterocycles. The van der Waals surface area contributed by atoms with Crippen LogP contribution in [0.15, 0.2) is 93.8 Å². The first kappa shape index (κ1) is 24.1. The van der Waals surface area contributed by atoms with Crippen molar-refractivity contribution in [3.05, 3.63) is 106 Å². The van der Waals surface area contributed by atoms with E-state index in [1.165, 1.54) is 17.2 Å². The number of nitrogens with one attached hydrogen (secondary N) is 1. The number of thiocarbonyl (C=S) groups is 1. The lowest BCUT2D eigenvalue weighted by atomic mass is 10.0. The van der Waals surface area contributed by atoms with Crippen LogP contribution < -0.4 is 20.4 Å². The van der Waals surface area contributed by atoms with Gasteiger partial charge < -0.3 is 9.15 Å². The average molecular weight is 511 g/mol. The van der Waals surface area contributed by atoms with E-state index in [-0.39, 0.29) is 27.6 Å². The summed E-state index contributed by atoms with van der Waals surface area (Å²) in [7, 11) is 0. The van der Waals surface area contributed by atoms with E-state index in [2.05, 4.69) is 5.32 Å². The second-order valence-electron chi connectivity index (χ2n) is 8.80. The van der Waals surface area contributed by atoms with Gasteiger partial charge in [0.25, 0.3) is 11.8 Å². The minimum absolute atomic E-state index is 0.0593. The zero-order valence-corrected chi connectivity index (χ0v) is 20.9. The minimum Gasteiger partial charge on any atom is -0.463 e. The Kier molecular flexibility index (Phi) is 6.42. The highest BCUT2D eigenvalue weighted by molar-refractivity contribution is 7.80. The van der Waals surface area contributed by atoms with E-state index in [1.807, 2.05) is 50.2 Å². The van der Waals surface area contributed by atoms with Crippen LogP contribution in [0.5, 0.6) is 11.5 Å². The minimum atomic E-state index is -0.689. The van der Waals surface area contributed by atoms with Gasteiger partial charge in [-0.25, -0.2) is 0 Å². The Morgan fingerprint density at radius 3 is 2.35 bits per heavy atom. The molecule has 8 heteroatoms. The topological polar surface area (TPSA) is 88.8 Å². The monoisotopic (exact) mass is 510 g/mol. The highest BCUT2D eigenvalue weighted by atomic mass is 32.1.